The Bertz CT molecular complexity index is 1260. The molecule has 1 aliphatic rings. The molecule has 0 unspecified atom stereocenters. The van der Waals surface area contributed by atoms with Crippen molar-refractivity contribution < 1.29 is 22.7 Å². The summed E-state index contributed by atoms with van der Waals surface area (Å²) in [4.78, 5) is 14.8. The number of halogens is 1. The molecule has 1 N–H and O–H groups in total. The fourth-order valence-corrected chi connectivity index (χ4v) is 5.59. The molecule has 1 heterocycles. The molecule has 0 saturated carbocycles. The topological polar surface area (TPSA) is 74.7 Å². The quantitative estimate of drug-likeness (QED) is 0.555. The van der Waals surface area contributed by atoms with Gasteiger partial charge in [-0.1, -0.05) is 30.3 Å². The highest BCUT2D eigenvalue weighted by molar-refractivity contribution is 7.98. The summed E-state index contributed by atoms with van der Waals surface area (Å²) in [6.45, 7) is 0. The second-order valence-corrected chi connectivity index (χ2v) is 9.65. The summed E-state index contributed by atoms with van der Waals surface area (Å²) in [5, 5.41) is 10.7. The van der Waals surface area contributed by atoms with Crippen LogP contribution in [-0.4, -0.2) is 25.7 Å². The molecular formula is C23H18FNO4S2. The maximum Gasteiger partial charge on any atom is 0.295 e. The molecule has 0 saturated heterocycles. The van der Waals surface area contributed by atoms with Gasteiger partial charge >= 0.3 is 0 Å². The van der Waals surface area contributed by atoms with Crippen LogP contribution in [0.15, 0.2) is 99.3 Å². The Morgan fingerprint density at radius 3 is 2.13 bits per heavy atom. The summed E-state index contributed by atoms with van der Waals surface area (Å²) in [6.07, 6.45) is 1.91. The highest BCUT2D eigenvalue weighted by atomic mass is 32.2. The van der Waals surface area contributed by atoms with Crippen molar-refractivity contribution in [3.05, 3.63) is 101 Å². The number of aliphatic hydroxyl groups excluding tert-OH is 1. The standard InChI is InChI=1S/C23H18FNO4S2/c1-30-18-13-7-15(8-14-18)20-22(31(28,29)19-5-3-2-4-6-19)21(26)23(27)25(20)17-11-9-16(24)10-12-17/h2-14,20,26H,1H3/t20-/m0/s1. The van der Waals surface area contributed by atoms with E-state index < -0.39 is 38.3 Å². The van der Waals surface area contributed by atoms with Crippen LogP contribution >= 0.6 is 11.8 Å². The van der Waals surface area contributed by atoms with E-state index in [0.29, 0.717) is 5.56 Å². The van der Waals surface area contributed by atoms with Crippen LogP contribution in [0.5, 0.6) is 0 Å². The number of anilines is 1. The van der Waals surface area contributed by atoms with Crippen molar-refractivity contribution in [3.8, 4) is 0 Å². The van der Waals surface area contributed by atoms with Gasteiger partial charge in [0.25, 0.3) is 5.91 Å². The molecule has 0 bridgehead atoms. The average Bonchev–Trinajstić information content (AvgIpc) is 3.06. The molecule has 5 nitrogen and oxygen atoms in total. The zero-order valence-electron chi connectivity index (χ0n) is 16.4. The van der Waals surface area contributed by atoms with E-state index in [9.17, 15) is 22.7 Å². The molecule has 8 heteroatoms. The van der Waals surface area contributed by atoms with E-state index in [2.05, 4.69) is 0 Å². The molecule has 1 amide bonds. The number of nitrogens with zero attached hydrogens (tertiary/aromatic N) is 1. The summed E-state index contributed by atoms with van der Waals surface area (Å²) in [7, 11) is -4.20. The number of rotatable bonds is 5. The Morgan fingerprint density at radius 1 is 0.935 bits per heavy atom. The lowest BCUT2D eigenvalue weighted by Gasteiger charge is -2.27. The molecule has 4 rings (SSSR count). The fourth-order valence-electron chi connectivity index (χ4n) is 3.54. The van der Waals surface area contributed by atoms with Crippen molar-refractivity contribution >= 4 is 33.2 Å². The molecule has 1 aliphatic heterocycles. The summed E-state index contributed by atoms with van der Waals surface area (Å²) in [5.74, 6) is -2.20. The number of benzene rings is 3. The third-order valence-electron chi connectivity index (χ3n) is 5.04. The summed E-state index contributed by atoms with van der Waals surface area (Å²) < 4.78 is 40.4. The van der Waals surface area contributed by atoms with Crippen LogP contribution in [0.2, 0.25) is 0 Å². The lowest BCUT2D eigenvalue weighted by molar-refractivity contribution is -0.117. The number of hydrogen-bond donors (Lipinski definition) is 1. The highest BCUT2D eigenvalue weighted by Crippen LogP contribution is 2.44. The molecular weight excluding hydrogens is 437 g/mol. The van der Waals surface area contributed by atoms with E-state index in [4.69, 9.17) is 0 Å². The SMILES string of the molecule is CSc1ccc([C@H]2C(S(=O)(=O)c3ccccc3)=C(O)C(=O)N2c2ccc(F)cc2)cc1. The molecule has 3 aromatic carbocycles. The van der Waals surface area contributed by atoms with Gasteiger partial charge in [0.1, 0.15) is 16.8 Å². The fraction of sp³-hybridized carbons (Fsp3) is 0.0870. The number of aliphatic hydroxyl groups is 1. The van der Waals surface area contributed by atoms with Crippen molar-refractivity contribution in [1.29, 1.82) is 0 Å². The van der Waals surface area contributed by atoms with Crippen LogP contribution in [-0.2, 0) is 14.6 Å². The number of amides is 1. The molecule has 0 radical (unpaired) electrons. The van der Waals surface area contributed by atoms with Crippen LogP contribution in [0.3, 0.4) is 0 Å². The van der Waals surface area contributed by atoms with Crippen molar-refractivity contribution in [2.75, 3.05) is 11.2 Å². The molecule has 0 aromatic heterocycles. The molecule has 31 heavy (non-hydrogen) atoms. The van der Waals surface area contributed by atoms with Crippen molar-refractivity contribution in [2.45, 2.75) is 15.8 Å². The van der Waals surface area contributed by atoms with Gasteiger partial charge in [-0.2, -0.15) is 0 Å². The van der Waals surface area contributed by atoms with Gasteiger partial charge in [-0.15, -0.1) is 11.8 Å². The lowest BCUT2D eigenvalue weighted by Crippen LogP contribution is -2.31. The minimum Gasteiger partial charge on any atom is -0.502 e. The Morgan fingerprint density at radius 2 is 1.55 bits per heavy atom. The number of hydrogen-bond acceptors (Lipinski definition) is 5. The first-order valence-corrected chi connectivity index (χ1v) is 12.0. The van der Waals surface area contributed by atoms with E-state index in [1.807, 2.05) is 18.4 Å². The van der Waals surface area contributed by atoms with Crippen LogP contribution < -0.4 is 4.90 Å². The number of sulfone groups is 1. The molecule has 0 fully saturated rings. The van der Waals surface area contributed by atoms with Crippen LogP contribution in [0.4, 0.5) is 10.1 Å². The number of thioether (sulfide) groups is 1. The van der Waals surface area contributed by atoms with Gasteiger partial charge in [0.2, 0.25) is 9.84 Å². The monoisotopic (exact) mass is 455 g/mol. The Balaban J connectivity index is 1.93. The number of carbonyl (C=O) groups is 1. The zero-order valence-corrected chi connectivity index (χ0v) is 18.0. The van der Waals surface area contributed by atoms with Crippen molar-refractivity contribution in [3.63, 3.8) is 0 Å². The Hall–Kier alpha value is -3.10. The molecule has 0 spiro atoms. The molecule has 158 valence electrons. The van der Waals surface area contributed by atoms with Gasteiger partial charge in [0.15, 0.2) is 5.76 Å². The first kappa shape index (κ1) is 21.1. The Labute approximate surface area is 183 Å². The third kappa shape index (κ3) is 3.73. The second kappa shape index (κ2) is 8.20. The first-order valence-electron chi connectivity index (χ1n) is 9.31. The molecule has 3 aromatic rings. The zero-order chi connectivity index (χ0) is 22.2. The van der Waals surface area contributed by atoms with E-state index >= 15 is 0 Å². The minimum absolute atomic E-state index is 0.0314. The normalized spacial score (nSPS) is 16.8. The maximum atomic E-state index is 13.5. The molecule has 0 aliphatic carbocycles. The highest BCUT2D eigenvalue weighted by Gasteiger charge is 2.47. The first-order chi connectivity index (χ1) is 14.8. The maximum absolute atomic E-state index is 13.5. The number of carbonyl (C=O) groups excluding carboxylic acids is 1. The smallest absolute Gasteiger partial charge is 0.295 e. The minimum atomic E-state index is -4.20. The summed E-state index contributed by atoms with van der Waals surface area (Å²) in [6, 6.07) is 18.7. The lowest BCUT2D eigenvalue weighted by atomic mass is 10.1. The summed E-state index contributed by atoms with van der Waals surface area (Å²) in [5.41, 5.74) is 0.782. The van der Waals surface area contributed by atoms with Crippen LogP contribution in [0.25, 0.3) is 0 Å². The van der Waals surface area contributed by atoms with E-state index in [-0.39, 0.29) is 10.6 Å². The van der Waals surface area contributed by atoms with E-state index in [1.54, 1.807) is 30.3 Å². The van der Waals surface area contributed by atoms with Gasteiger partial charge in [0.05, 0.1) is 4.90 Å². The predicted octanol–water partition coefficient (Wildman–Crippen LogP) is 4.88. The van der Waals surface area contributed by atoms with Crippen molar-refractivity contribution in [2.24, 2.45) is 0 Å². The largest absolute Gasteiger partial charge is 0.502 e. The predicted molar refractivity (Wildman–Crippen MR) is 118 cm³/mol. The van der Waals surface area contributed by atoms with Gasteiger partial charge in [-0.25, -0.2) is 12.8 Å². The van der Waals surface area contributed by atoms with Crippen LogP contribution in [0, 0.1) is 5.82 Å². The van der Waals surface area contributed by atoms with E-state index in [1.165, 1.54) is 53.1 Å². The van der Waals surface area contributed by atoms with E-state index in [0.717, 1.165) is 4.90 Å². The average molecular weight is 456 g/mol. The van der Waals surface area contributed by atoms with Gasteiger partial charge in [-0.3, -0.25) is 9.69 Å². The summed E-state index contributed by atoms with van der Waals surface area (Å²) >= 11 is 1.52. The Kier molecular flexibility index (Phi) is 5.60. The van der Waals surface area contributed by atoms with Gasteiger partial charge in [-0.05, 0) is 60.4 Å². The van der Waals surface area contributed by atoms with Crippen molar-refractivity contribution in [1.82, 2.24) is 0 Å². The van der Waals surface area contributed by atoms with Gasteiger partial charge < -0.3 is 5.11 Å². The third-order valence-corrected chi connectivity index (χ3v) is 7.67. The molecule has 1 atom stereocenters. The second-order valence-electron chi connectivity index (χ2n) is 6.86. The van der Waals surface area contributed by atoms with Crippen LogP contribution in [0.1, 0.15) is 11.6 Å². The van der Waals surface area contributed by atoms with Gasteiger partial charge in [0, 0.05) is 10.6 Å².